The fourth-order valence-corrected chi connectivity index (χ4v) is 7.32. The molecule has 2 aliphatic rings. The van der Waals surface area contributed by atoms with E-state index in [0.717, 1.165) is 35.0 Å². The molecule has 0 bridgehead atoms. The number of amides is 1. The highest BCUT2D eigenvalue weighted by Crippen LogP contribution is 2.43. The number of aromatic nitrogens is 4. The summed E-state index contributed by atoms with van der Waals surface area (Å²) in [6.45, 7) is -0.479. The lowest BCUT2D eigenvalue weighted by atomic mass is 9.81. The van der Waals surface area contributed by atoms with Crippen molar-refractivity contribution in [3.63, 3.8) is 0 Å². The second kappa shape index (κ2) is 13.5. The van der Waals surface area contributed by atoms with E-state index in [1.807, 2.05) is 0 Å². The van der Waals surface area contributed by atoms with E-state index >= 15 is 0 Å². The van der Waals surface area contributed by atoms with E-state index in [0.29, 0.717) is 31.4 Å². The van der Waals surface area contributed by atoms with Gasteiger partial charge in [-0.3, -0.25) is 9.78 Å². The molecule has 238 valence electrons. The topological polar surface area (TPSA) is 154 Å². The fraction of sp³-hybridized carbons (Fsp3) is 0.517. The predicted molar refractivity (Wildman–Crippen MR) is 152 cm³/mol. The smallest absolute Gasteiger partial charge is 0.238 e. The largest absolute Gasteiger partial charge is 0.394 e. The number of halogens is 3. The molecule has 44 heavy (non-hydrogen) atoms. The molecule has 2 fully saturated rings. The van der Waals surface area contributed by atoms with Crippen molar-refractivity contribution >= 4 is 17.7 Å². The van der Waals surface area contributed by atoms with Crippen LogP contribution in [0.3, 0.4) is 0 Å². The van der Waals surface area contributed by atoms with E-state index in [-0.39, 0.29) is 17.8 Å². The Kier molecular flexibility index (Phi) is 9.92. The Labute approximate surface area is 255 Å². The molecular formula is C29H34F3N5O6S. The summed E-state index contributed by atoms with van der Waals surface area (Å²) in [5.74, 6) is -4.91. The van der Waals surface area contributed by atoms with Gasteiger partial charge in [-0.1, -0.05) is 30.5 Å². The number of carbonyl (C=O) groups excluding carboxylic acids is 1. The van der Waals surface area contributed by atoms with Crippen LogP contribution in [0.15, 0.2) is 42.7 Å². The van der Waals surface area contributed by atoms with Crippen molar-refractivity contribution in [1.29, 1.82) is 0 Å². The molecule has 15 heteroatoms. The van der Waals surface area contributed by atoms with Crippen molar-refractivity contribution in [2.75, 3.05) is 13.7 Å². The zero-order valence-electron chi connectivity index (χ0n) is 23.8. The Morgan fingerprint density at radius 3 is 2.50 bits per heavy atom. The average Bonchev–Trinajstić information content (AvgIpc) is 3.49. The quantitative estimate of drug-likeness (QED) is 0.257. The van der Waals surface area contributed by atoms with Crippen LogP contribution in [0.2, 0.25) is 0 Å². The van der Waals surface area contributed by atoms with Gasteiger partial charge >= 0.3 is 0 Å². The Bertz CT molecular complexity index is 1420. The average molecular weight is 638 g/mol. The second-order valence-electron chi connectivity index (χ2n) is 11.2. The lowest BCUT2D eigenvalue weighted by Crippen LogP contribution is -2.57. The molecule has 3 aromatic rings. The number of benzene rings is 1. The van der Waals surface area contributed by atoms with E-state index in [4.69, 9.17) is 4.74 Å². The molecule has 0 unspecified atom stereocenters. The number of aliphatic hydroxyl groups excluding tert-OH is 3. The van der Waals surface area contributed by atoms with E-state index in [9.17, 15) is 38.4 Å². The van der Waals surface area contributed by atoms with Crippen molar-refractivity contribution in [3.05, 3.63) is 65.9 Å². The van der Waals surface area contributed by atoms with E-state index in [1.165, 1.54) is 11.1 Å². The predicted octanol–water partition coefficient (Wildman–Crippen LogP) is 2.19. The standard InChI is InChI=1S/C29H34F3N5O6S/c1-36(13-17-7-3-6-10-33-17)27(41)26(29(42)8-4-2-5-9-29)44-28-25(40)23(24(39)21(15-38)43-28)37-14-20(34-35-37)16-11-18(30)22(32)19(31)12-16/h3,6-7,10-12,14,21,23-26,28,38-40,42H,2,4-5,8-9,13,15H2,1H3/t21-,23+,24+,25-,26+,28+/m1/s1. The third-order valence-corrected chi connectivity index (χ3v) is 9.72. The van der Waals surface area contributed by atoms with Gasteiger partial charge < -0.3 is 30.1 Å². The molecule has 1 saturated carbocycles. The third kappa shape index (κ3) is 6.62. The van der Waals surface area contributed by atoms with Crippen LogP contribution in [0.5, 0.6) is 0 Å². The first kappa shape index (κ1) is 32.3. The maximum atomic E-state index is 13.9. The number of rotatable bonds is 9. The van der Waals surface area contributed by atoms with E-state index < -0.39 is 70.6 Å². The molecule has 4 N–H and O–H groups in total. The molecule has 1 aromatic carbocycles. The van der Waals surface area contributed by atoms with E-state index in [2.05, 4.69) is 15.3 Å². The molecule has 5 rings (SSSR count). The minimum absolute atomic E-state index is 0.0702. The highest BCUT2D eigenvalue weighted by atomic mass is 32.2. The number of hydrogen-bond acceptors (Lipinski definition) is 10. The molecule has 6 atom stereocenters. The fourth-order valence-electron chi connectivity index (χ4n) is 5.74. The van der Waals surface area contributed by atoms with Crippen LogP contribution in [-0.4, -0.2) is 99.5 Å². The van der Waals surface area contributed by atoms with Gasteiger partial charge in [-0.05, 0) is 37.1 Å². The number of ether oxygens (including phenoxy) is 1. The number of pyridine rings is 1. The highest BCUT2D eigenvalue weighted by Gasteiger charge is 2.51. The molecule has 2 aromatic heterocycles. The molecule has 11 nitrogen and oxygen atoms in total. The lowest BCUT2D eigenvalue weighted by Gasteiger charge is -2.45. The van der Waals surface area contributed by atoms with Crippen LogP contribution in [0, 0.1) is 17.5 Å². The summed E-state index contributed by atoms with van der Waals surface area (Å²) in [6, 6.07) is 5.52. The first-order valence-corrected chi connectivity index (χ1v) is 15.2. The van der Waals surface area contributed by atoms with Gasteiger partial charge in [0, 0.05) is 18.8 Å². The SMILES string of the molecule is CN(Cc1ccccn1)C(=O)[C@H](S[C@@H]1O[C@H](CO)[C@H](O)[C@H](n2cc(-c3cc(F)c(F)c(F)c3)nn2)[C@H]1O)C1(O)CCCCC1. The molecule has 0 spiro atoms. The van der Waals surface area contributed by atoms with Gasteiger partial charge in [-0.2, -0.15) is 0 Å². The van der Waals surface area contributed by atoms with Crippen LogP contribution in [0.25, 0.3) is 11.3 Å². The lowest BCUT2D eigenvalue weighted by molar-refractivity contribution is -0.179. The van der Waals surface area contributed by atoms with Gasteiger partial charge in [0.05, 0.1) is 30.6 Å². The van der Waals surface area contributed by atoms with Crippen LogP contribution in [-0.2, 0) is 16.1 Å². The number of aliphatic hydroxyl groups is 4. The van der Waals surface area contributed by atoms with Crippen LogP contribution < -0.4 is 0 Å². The maximum Gasteiger partial charge on any atom is 0.238 e. The van der Waals surface area contributed by atoms with Crippen molar-refractivity contribution in [3.8, 4) is 11.3 Å². The summed E-state index contributed by atoms with van der Waals surface area (Å²) in [4.78, 5) is 19.6. The second-order valence-corrected chi connectivity index (χ2v) is 12.4. The van der Waals surface area contributed by atoms with Gasteiger partial charge in [0.15, 0.2) is 17.5 Å². The highest BCUT2D eigenvalue weighted by molar-refractivity contribution is 8.01. The number of nitrogens with zero attached hydrogens (tertiary/aromatic N) is 5. The Hall–Kier alpha value is -3.08. The number of hydrogen-bond donors (Lipinski definition) is 4. The number of carbonyl (C=O) groups is 1. The van der Waals surface area contributed by atoms with E-state index in [1.54, 1.807) is 31.4 Å². The number of thioether (sulfide) groups is 1. The summed E-state index contributed by atoms with van der Waals surface area (Å²) in [7, 11) is 1.59. The summed E-state index contributed by atoms with van der Waals surface area (Å²) in [5, 5.41) is 51.0. The normalized spacial score (nSPS) is 25.9. The molecule has 0 radical (unpaired) electrons. The van der Waals surface area contributed by atoms with Crippen molar-refractivity contribution in [2.24, 2.45) is 0 Å². The summed E-state index contributed by atoms with van der Waals surface area (Å²) in [5.41, 5.74) is -2.20. The van der Waals surface area contributed by atoms with Crippen LogP contribution in [0.4, 0.5) is 13.2 Å². The van der Waals surface area contributed by atoms with Gasteiger partial charge in [0.2, 0.25) is 5.91 Å². The van der Waals surface area contributed by atoms with Gasteiger partial charge in [0.1, 0.15) is 40.7 Å². The molecule has 1 aliphatic heterocycles. The monoisotopic (exact) mass is 637 g/mol. The van der Waals surface area contributed by atoms with Crippen molar-refractivity contribution in [1.82, 2.24) is 24.9 Å². The zero-order chi connectivity index (χ0) is 31.6. The Balaban J connectivity index is 1.43. The van der Waals surface area contributed by atoms with Crippen molar-refractivity contribution in [2.45, 2.75) is 79.3 Å². The summed E-state index contributed by atoms with van der Waals surface area (Å²) < 4.78 is 48.2. The minimum atomic E-state index is -1.64. The molecular weight excluding hydrogens is 603 g/mol. The molecule has 3 heterocycles. The first-order valence-electron chi connectivity index (χ1n) is 14.2. The van der Waals surface area contributed by atoms with Gasteiger partial charge in [-0.25, -0.2) is 17.9 Å². The molecule has 1 amide bonds. The third-order valence-electron chi connectivity index (χ3n) is 8.15. The minimum Gasteiger partial charge on any atom is -0.394 e. The summed E-state index contributed by atoms with van der Waals surface area (Å²) >= 11 is 0.896. The van der Waals surface area contributed by atoms with Gasteiger partial charge in [0.25, 0.3) is 0 Å². The summed E-state index contributed by atoms with van der Waals surface area (Å²) in [6.07, 6.45) is 1.54. The molecule has 1 aliphatic carbocycles. The Morgan fingerprint density at radius 2 is 1.86 bits per heavy atom. The Morgan fingerprint density at radius 1 is 1.16 bits per heavy atom. The zero-order valence-corrected chi connectivity index (χ0v) is 24.7. The van der Waals surface area contributed by atoms with Crippen LogP contribution >= 0.6 is 11.8 Å². The first-order chi connectivity index (χ1) is 21.0. The van der Waals surface area contributed by atoms with Crippen LogP contribution in [0.1, 0.15) is 43.8 Å². The molecule has 1 saturated heterocycles. The maximum absolute atomic E-state index is 13.9. The van der Waals surface area contributed by atoms with Crippen molar-refractivity contribution < 1.29 is 43.1 Å². The van der Waals surface area contributed by atoms with Gasteiger partial charge in [-0.15, -0.1) is 16.9 Å².